The number of piperidine rings is 1. The predicted octanol–water partition coefficient (Wildman–Crippen LogP) is 3.09. The van der Waals surface area contributed by atoms with Gasteiger partial charge in [-0.3, -0.25) is 4.90 Å². The molecule has 0 radical (unpaired) electrons. The highest BCUT2D eigenvalue weighted by molar-refractivity contribution is 5.85. The van der Waals surface area contributed by atoms with E-state index in [0.29, 0.717) is 12.6 Å². The molecular formula is C17H26ClFN2O. The summed E-state index contributed by atoms with van der Waals surface area (Å²) in [6, 6.07) is 6.95. The maximum absolute atomic E-state index is 12.8. The Bertz CT molecular complexity index is 431. The van der Waals surface area contributed by atoms with Crippen molar-refractivity contribution in [3.63, 3.8) is 0 Å². The van der Waals surface area contributed by atoms with Crippen molar-refractivity contribution in [3.8, 4) is 5.75 Å². The lowest BCUT2D eigenvalue weighted by Gasteiger charge is -2.32. The van der Waals surface area contributed by atoms with Crippen LogP contribution in [0.2, 0.25) is 0 Å². The van der Waals surface area contributed by atoms with E-state index in [1.54, 1.807) is 12.1 Å². The van der Waals surface area contributed by atoms with Crippen molar-refractivity contribution in [2.75, 3.05) is 32.8 Å². The Balaban J connectivity index is 0.00000176. The quantitative estimate of drug-likeness (QED) is 0.832. The monoisotopic (exact) mass is 328 g/mol. The molecule has 3 nitrogen and oxygen atoms in total. The van der Waals surface area contributed by atoms with Crippen LogP contribution < -0.4 is 10.1 Å². The molecule has 22 heavy (non-hydrogen) atoms. The van der Waals surface area contributed by atoms with Gasteiger partial charge in [0.1, 0.15) is 18.2 Å². The molecule has 0 bridgehead atoms. The van der Waals surface area contributed by atoms with Gasteiger partial charge in [-0.05, 0) is 75.5 Å². The number of likely N-dealkylation sites (tertiary alicyclic amines) is 1. The first kappa shape index (κ1) is 17.5. The summed E-state index contributed by atoms with van der Waals surface area (Å²) in [4.78, 5) is 2.46. The molecule has 0 unspecified atom stereocenters. The summed E-state index contributed by atoms with van der Waals surface area (Å²) < 4.78 is 18.4. The second-order valence-corrected chi connectivity index (χ2v) is 6.27. The van der Waals surface area contributed by atoms with Gasteiger partial charge in [-0.15, -0.1) is 12.4 Å². The summed E-state index contributed by atoms with van der Waals surface area (Å²) in [5.41, 5.74) is 0. The average molecular weight is 329 g/mol. The average Bonchev–Trinajstić information content (AvgIpc) is 3.33. The van der Waals surface area contributed by atoms with Gasteiger partial charge in [0.05, 0.1) is 0 Å². The summed E-state index contributed by atoms with van der Waals surface area (Å²) in [6.45, 7) is 5.14. The van der Waals surface area contributed by atoms with Gasteiger partial charge in [-0.25, -0.2) is 4.39 Å². The number of benzene rings is 1. The lowest BCUT2D eigenvalue weighted by Crippen LogP contribution is -2.44. The van der Waals surface area contributed by atoms with Crippen molar-refractivity contribution < 1.29 is 9.13 Å². The molecule has 1 saturated carbocycles. The molecule has 1 aliphatic carbocycles. The summed E-state index contributed by atoms with van der Waals surface area (Å²) in [6.07, 6.45) is 5.33. The van der Waals surface area contributed by atoms with Crippen LogP contribution in [0.3, 0.4) is 0 Å². The highest BCUT2D eigenvalue weighted by Crippen LogP contribution is 2.28. The van der Waals surface area contributed by atoms with Gasteiger partial charge in [0.2, 0.25) is 0 Å². The van der Waals surface area contributed by atoms with Crippen LogP contribution in [0.4, 0.5) is 4.39 Å². The standard InChI is InChI=1S/C17H25FN2O.ClH/c18-15-3-5-17(6-4-15)21-12-11-20-9-7-16(8-10-20)19-13-14-1-2-14;/h3-6,14,16,19H,1-2,7-13H2;1H. The Morgan fingerprint density at radius 3 is 2.41 bits per heavy atom. The van der Waals surface area contributed by atoms with E-state index in [1.807, 2.05) is 0 Å². The number of hydrogen-bond acceptors (Lipinski definition) is 3. The molecule has 0 amide bonds. The fourth-order valence-corrected chi connectivity index (χ4v) is 2.84. The molecule has 1 N–H and O–H groups in total. The van der Waals surface area contributed by atoms with Gasteiger partial charge in [0, 0.05) is 12.6 Å². The molecule has 1 aromatic carbocycles. The molecule has 0 spiro atoms. The Labute approximate surface area is 138 Å². The van der Waals surface area contributed by atoms with Gasteiger partial charge in [-0.1, -0.05) is 0 Å². The Morgan fingerprint density at radius 1 is 1.09 bits per heavy atom. The maximum atomic E-state index is 12.8. The summed E-state index contributed by atoms with van der Waals surface area (Å²) in [5, 5.41) is 3.70. The molecule has 1 aliphatic heterocycles. The third-order valence-corrected chi connectivity index (χ3v) is 4.47. The van der Waals surface area contributed by atoms with Gasteiger partial charge in [-0.2, -0.15) is 0 Å². The van der Waals surface area contributed by atoms with Crippen molar-refractivity contribution >= 4 is 12.4 Å². The van der Waals surface area contributed by atoms with Crippen LogP contribution in [0.15, 0.2) is 24.3 Å². The Kier molecular flexibility index (Phi) is 6.93. The van der Waals surface area contributed by atoms with E-state index in [-0.39, 0.29) is 18.2 Å². The largest absolute Gasteiger partial charge is 0.492 e. The topological polar surface area (TPSA) is 24.5 Å². The van der Waals surface area contributed by atoms with Crippen LogP contribution in [0, 0.1) is 11.7 Å². The number of halogens is 2. The third kappa shape index (κ3) is 5.75. The maximum Gasteiger partial charge on any atom is 0.123 e. The molecule has 124 valence electrons. The normalized spacial score (nSPS) is 19.7. The van der Waals surface area contributed by atoms with E-state index in [2.05, 4.69) is 10.2 Å². The first-order chi connectivity index (χ1) is 10.3. The molecule has 0 aromatic heterocycles. The molecule has 3 rings (SSSR count). The van der Waals surface area contributed by atoms with Crippen molar-refractivity contribution in [1.82, 2.24) is 10.2 Å². The highest BCUT2D eigenvalue weighted by atomic mass is 35.5. The fraction of sp³-hybridized carbons (Fsp3) is 0.647. The zero-order valence-electron chi connectivity index (χ0n) is 13.0. The smallest absolute Gasteiger partial charge is 0.123 e. The van der Waals surface area contributed by atoms with Crippen LogP contribution >= 0.6 is 12.4 Å². The van der Waals surface area contributed by atoms with Gasteiger partial charge >= 0.3 is 0 Å². The van der Waals surface area contributed by atoms with Crippen LogP contribution in [0.5, 0.6) is 5.75 Å². The Hall–Kier alpha value is -0.840. The molecule has 5 heteroatoms. The molecular weight excluding hydrogens is 303 g/mol. The highest BCUT2D eigenvalue weighted by Gasteiger charge is 2.24. The summed E-state index contributed by atoms with van der Waals surface area (Å²) >= 11 is 0. The number of rotatable bonds is 7. The number of nitrogens with one attached hydrogen (secondary N) is 1. The lowest BCUT2D eigenvalue weighted by molar-refractivity contribution is 0.164. The molecule has 2 fully saturated rings. The van der Waals surface area contributed by atoms with E-state index in [4.69, 9.17) is 4.74 Å². The second kappa shape index (κ2) is 8.70. The first-order valence-corrected chi connectivity index (χ1v) is 8.14. The predicted molar refractivity (Wildman–Crippen MR) is 89.3 cm³/mol. The number of ether oxygens (including phenoxy) is 1. The van der Waals surface area contributed by atoms with Crippen LogP contribution in [0.25, 0.3) is 0 Å². The number of hydrogen-bond donors (Lipinski definition) is 1. The van der Waals surface area contributed by atoms with Crippen molar-refractivity contribution in [2.24, 2.45) is 5.92 Å². The van der Waals surface area contributed by atoms with E-state index < -0.39 is 0 Å². The Morgan fingerprint density at radius 2 is 1.77 bits per heavy atom. The van der Waals surface area contributed by atoms with Crippen LogP contribution in [-0.4, -0.2) is 43.7 Å². The van der Waals surface area contributed by atoms with E-state index >= 15 is 0 Å². The zero-order valence-corrected chi connectivity index (χ0v) is 13.8. The van der Waals surface area contributed by atoms with Gasteiger partial charge < -0.3 is 10.1 Å². The van der Waals surface area contributed by atoms with Gasteiger partial charge in [0.25, 0.3) is 0 Å². The second-order valence-electron chi connectivity index (χ2n) is 6.27. The van der Waals surface area contributed by atoms with E-state index in [9.17, 15) is 4.39 Å². The first-order valence-electron chi connectivity index (χ1n) is 8.14. The minimum absolute atomic E-state index is 0. The molecule has 1 heterocycles. The SMILES string of the molecule is Cl.Fc1ccc(OCCN2CCC(NCC3CC3)CC2)cc1. The molecule has 2 aliphatic rings. The molecule has 1 saturated heterocycles. The van der Waals surface area contributed by atoms with Crippen molar-refractivity contribution in [2.45, 2.75) is 31.7 Å². The van der Waals surface area contributed by atoms with E-state index in [0.717, 1.165) is 31.3 Å². The van der Waals surface area contributed by atoms with Crippen LogP contribution in [-0.2, 0) is 0 Å². The summed E-state index contributed by atoms with van der Waals surface area (Å²) in [7, 11) is 0. The van der Waals surface area contributed by atoms with Crippen molar-refractivity contribution in [3.05, 3.63) is 30.1 Å². The lowest BCUT2D eigenvalue weighted by atomic mass is 10.0. The molecule has 1 aromatic rings. The molecule has 0 atom stereocenters. The van der Waals surface area contributed by atoms with E-state index in [1.165, 1.54) is 44.4 Å². The minimum atomic E-state index is -0.219. The zero-order chi connectivity index (χ0) is 14.5. The fourth-order valence-electron chi connectivity index (χ4n) is 2.84. The van der Waals surface area contributed by atoms with Gasteiger partial charge in [0.15, 0.2) is 0 Å². The minimum Gasteiger partial charge on any atom is -0.492 e. The third-order valence-electron chi connectivity index (χ3n) is 4.47. The number of nitrogens with zero attached hydrogens (tertiary/aromatic N) is 1. The van der Waals surface area contributed by atoms with Crippen LogP contribution in [0.1, 0.15) is 25.7 Å². The van der Waals surface area contributed by atoms with Crippen molar-refractivity contribution in [1.29, 1.82) is 0 Å². The summed E-state index contributed by atoms with van der Waals surface area (Å²) in [5.74, 6) is 1.49.